The lowest BCUT2D eigenvalue weighted by atomic mass is 9.87. The third-order valence-electron chi connectivity index (χ3n) is 4.90. The van der Waals surface area contributed by atoms with Crippen LogP contribution in [-0.2, 0) is 12.8 Å². The van der Waals surface area contributed by atoms with Crippen molar-refractivity contribution in [1.82, 2.24) is 10.6 Å². The Balaban J connectivity index is 1.63. The molecule has 2 aromatic rings. The molecular weight excluding hydrogens is 312 g/mol. The third-order valence-corrected chi connectivity index (χ3v) is 4.90. The fourth-order valence-corrected chi connectivity index (χ4v) is 3.62. The number of fused-ring (bicyclic) bond motifs is 1. The van der Waals surface area contributed by atoms with Crippen molar-refractivity contribution in [3.8, 4) is 5.75 Å². The second-order valence-electron chi connectivity index (χ2n) is 6.46. The zero-order chi connectivity index (χ0) is 17.6. The van der Waals surface area contributed by atoms with Crippen molar-refractivity contribution in [2.45, 2.75) is 31.7 Å². The average molecular weight is 338 g/mol. The van der Waals surface area contributed by atoms with Crippen LogP contribution >= 0.6 is 0 Å². The van der Waals surface area contributed by atoms with Crippen LogP contribution in [0.5, 0.6) is 5.75 Å². The van der Waals surface area contributed by atoms with E-state index in [1.165, 1.54) is 23.1 Å². The first-order valence-corrected chi connectivity index (χ1v) is 8.93. The molecule has 25 heavy (non-hydrogen) atoms. The van der Waals surface area contributed by atoms with Crippen LogP contribution in [0.3, 0.4) is 0 Å². The lowest BCUT2D eigenvalue weighted by molar-refractivity contribution is 0.0963. The molecule has 2 N–H and O–H groups in total. The van der Waals surface area contributed by atoms with E-state index in [0.29, 0.717) is 11.6 Å². The number of methoxy groups -OCH3 is 1. The van der Waals surface area contributed by atoms with Crippen LogP contribution in [0.25, 0.3) is 0 Å². The highest BCUT2D eigenvalue weighted by atomic mass is 16.5. The van der Waals surface area contributed by atoms with Crippen molar-refractivity contribution < 1.29 is 9.53 Å². The second kappa shape index (κ2) is 8.17. The van der Waals surface area contributed by atoms with E-state index in [9.17, 15) is 4.79 Å². The second-order valence-corrected chi connectivity index (χ2v) is 6.46. The van der Waals surface area contributed by atoms with Gasteiger partial charge in [-0.1, -0.05) is 24.3 Å². The Kier molecular flexibility index (Phi) is 5.71. The maximum atomic E-state index is 11.7. The number of benzene rings is 2. The summed E-state index contributed by atoms with van der Waals surface area (Å²) in [6.07, 6.45) is 4.32. The number of amides is 1. The van der Waals surface area contributed by atoms with Crippen molar-refractivity contribution in [2.24, 2.45) is 0 Å². The summed E-state index contributed by atoms with van der Waals surface area (Å²) in [6.45, 7) is 0.887. The van der Waals surface area contributed by atoms with E-state index in [-0.39, 0.29) is 5.91 Å². The highest BCUT2D eigenvalue weighted by Crippen LogP contribution is 2.35. The average Bonchev–Trinajstić information content (AvgIpc) is 2.67. The Bertz CT molecular complexity index is 742. The van der Waals surface area contributed by atoms with Crippen molar-refractivity contribution in [1.29, 1.82) is 0 Å². The van der Waals surface area contributed by atoms with E-state index in [4.69, 9.17) is 4.74 Å². The van der Waals surface area contributed by atoms with Crippen LogP contribution < -0.4 is 15.4 Å². The number of hydrogen-bond donors (Lipinski definition) is 2. The van der Waals surface area contributed by atoms with Gasteiger partial charge in [0.1, 0.15) is 5.75 Å². The molecule has 1 unspecified atom stereocenters. The monoisotopic (exact) mass is 338 g/mol. The van der Waals surface area contributed by atoms with E-state index in [0.717, 1.165) is 31.6 Å². The van der Waals surface area contributed by atoms with Gasteiger partial charge in [-0.25, -0.2) is 0 Å². The van der Waals surface area contributed by atoms with Crippen LogP contribution in [0.2, 0.25) is 0 Å². The van der Waals surface area contributed by atoms with Crippen LogP contribution in [0, 0.1) is 0 Å². The molecule has 1 amide bonds. The number of carbonyl (C=O) groups is 1. The molecule has 4 heteroatoms. The molecule has 1 aliphatic rings. The van der Waals surface area contributed by atoms with Gasteiger partial charge in [0.2, 0.25) is 0 Å². The molecule has 0 aliphatic heterocycles. The summed E-state index contributed by atoms with van der Waals surface area (Å²) in [5.41, 5.74) is 4.60. The minimum Gasteiger partial charge on any atom is -0.496 e. The SMILES string of the molecule is CNC(=O)c1cccc(CCNC2CCCc3c(OC)cccc32)c1. The zero-order valence-electron chi connectivity index (χ0n) is 15.0. The quantitative estimate of drug-likeness (QED) is 0.850. The fraction of sp³-hybridized carbons (Fsp3) is 0.381. The van der Waals surface area contributed by atoms with E-state index in [2.05, 4.69) is 28.8 Å². The molecule has 132 valence electrons. The molecule has 4 nitrogen and oxygen atoms in total. The van der Waals surface area contributed by atoms with Crippen LogP contribution in [0.4, 0.5) is 0 Å². The molecule has 1 aliphatic carbocycles. The number of rotatable bonds is 6. The summed E-state index contributed by atoms with van der Waals surface area (Å²) >= 11 is 0. The van der Waals surface area contributed by atoms with Gasteiger partial charge in [0.15, 0.2) is 0 Å². The Morgan fingerprint density at radius 1 is 1.24 bits per heavy atom. The molecule has 2 aromatic carbocycles. The summed E-state index contributed by atoms with van der Waals surface area (Å²) in [6, 6.07) is 14.5. The highest BCUT2D eigenvalue weighted by molar-refractivity contribution is 5.94. The molecule has 0 bridgehead atoms. The third kappa shape index (κ3) is 4.02. The molecule has 3 rings (SSSR count). The van der Waals surface area contributed by atoms with Crippen LogP contribution in [0.15, 0.2) is 42.5 Å². The van der Waals surface area contributed by atoms with E-state index >= 15 is 0 Å². The molecule has 0 aromatic heterocycles. The van der Waals surface area contributed by atoms with Gasteiger partial charge >= 0.3 is 0 Å². The van der Waals surface area contributed by atoms with Gasteiger partial charge in [-0.3, -0.25) is 4.79 Å². The van der Waals surface area contributed by atoms with Crippen molar-refractivity contribution in [2.75, 3.05) is 20.7 Å². The molecule has 1 atom stereocenters. The first kappa shape index (κ1) is 17.5. The van der Waals surface area contributed by atoms with E-state index < -0.39 is 0 Å². The molecule has 0 saturated carbocycles. The minimum atomic E-state index is -0.0388. The van der Waals surface area contributed by atoms with Gasteiger partial charge in [-0.15, -0.1) is 0 Å². The maximum Gasteiger partial charge on any atom is 0.251 e. The van der Waals surface area contributed by atoms with Gasteiger partial charge in [-0.05, 0) is 67.1 Å². The normalized spacial score (nSPS) is 16.2. The first-order valence-electron chi connectivity index (χ1n) is 8.93. The van der Waals surface area contributed by atoms with Gasteiger partial charge in [0, 0.05) is 18.7 Å². The molecule has 0 fully saturated rings. The predicted molar refractivity (Wildman–Crippen MR) is 100 cm³/mol. The van der Waals surface area contributed by atoms with Crippen LogP contribution in [0.1, 0.15) is 45.9 Å². The molecule has 0 saturated heterocycles. The molecule has 0 heterocycles. The van der Waals surface area contributed by atoms with Crippen molar-refractivity contribution in [3.05, 3.63) is 64.7 Å². The summed E-state index contributed by atoms with van der Waals surface area (Å²) < 4.78 is 5.52. The van der Waals surface area contributed by atoms with E-state index in [1.54, 1.807) is 14.2 Å². The Morgan fingerprint density at radius 3 is 2.88 bits per heavy atom. The zero-order valence-corrected chi connectivity index (χ0v) is 15.0. The van der Waals surface area contributed by atoms with Gasteiger partial charge in [0.25, 0.3) is 5.91 Å². The lowest BCUT2D eigenvalue weighted by Crippen LogP contribution is -2.27. The standard InChI is InChI=1S/C21H26N2O2/c1-22-21(24)16-7-3-6-15(14-16)12-13-23-19-10-4-9-18-17(19)8-5-11-20(18)25-2/h3,5-8,11,14,19,23H,4,9-10,12-13H2,1-2H3,(H,22,24). The maximum absolute atomic E-state index is 11.7. The molecule has 0 spiro atoms. The van der Waals surface area contributed by atoms with Crippen molar-refractivity contribution >= 4 is 5.91 Å². The van der Waals surface area contributed by atoms with Gasteiger partial charge in [-0.2, -0.15) is 0 Å². The smallest absolute Gasteiger partial charge is 0.251 e. The number of hydrogen-bond acceptors (Lipinski definition) is 3. The first-order chi connectivity index (χ1) is 12.2. The Morgan fingerprint density at radius 2 is 2.08 bits per heavy atom. The number of carbonyl (C=O) groups excluding carboxylic acids is 1. The van der Waals surface area contributed by atoms with Gasteiger partial charge in [0.05, 0.1) is 7.11 Å². The van der Waals surface area contributed by atoms with E-state index in [1.807, 2.05) is 24.3 Å². The minimum absolute atomic E-state index is 0.0388. The fourth-order valence-electron chi connectivity index (χ4n) is 3.62. The van der Waals surface area contributed by atoms with Gasteiger partial charge < -0.3 is 15.4 Å². The summed E-state index contributed by atoms with van der Waals surface area (Å²) in [5, 5.41) is 6.36. The molecular formula is C21H26N2O2. The topological polar surface area (TPSA) is 50.4 Å². The highest BCUT2D eigenvalue weighted by Gasteiger charge is 2.22. The Labute approximate surface area is 149 Å². The largest absolute Gasteiger partial charge is 0.496 e. The predicted octanol–water partition coefficient (Wildman–Crippen LogP) is 3.26. The number of nitrogens with one attached hydrogen (secondary N) is 2. The summed E-state index contributed by atoms with van der Waals surface area (Å²) in [5.74, 6) is 0.963. The summed E-state index contributed by atoms with van der Waals surface area (Å²) in [4.78, 5) is 11.7. The van der Waals surface area contributed by atoms with Crippen LogP contribution in [-0.4, -0.2) is 26.6 Å². The lowest BCUT2D eigenvalue weighted by Gasteiger charge is -2.27. The summed E-state index contributed by atoms with van der Waals surface area (Å²) in [7, 11) is 3.40. The van der Waals surface area contributed by atoms with Crippen molar-refractivity contribution in [3.63, 3.8) is 0 Å². The molecule has 0 radical (unpaired) electrons. The number of ether oxygens (including phenoxy) is 1. The Hall–Kier alpha value is -2.33.